The molecule has 0 aromatic heterocycles. The Morgan fingerprint density at radius 3 is 2.85 bits per heavy atom. The van der Waals surface area contributed by atoms with Gasteiger partial charge in [0.2, 0.25) is 0 Å². The number of halogens is 2. The molecular formula is C10H8Br2O. The van der Waals surface area contributed by atoms with Crippen molar-refractivity contribution in [1.82, 2.24) is 0 Å². The molecule has 0 saturated heterocycles. The summed E-state index contributed by atoms with van der Waals surface area (Å²) in [5.74, 6) is 6.74. The van der Waals surface area contributed by atoms with E-state index in [0.29, 0.717) is 5.33 Å². The number of alkyl halides is 1. The molecule has 0 aliphatic carbocycles. The van der Waals surface area contributed by atoms with Crippen molar-refractivity contribution in [2.75, 3.05) is 12.4 Å². The average molecular weight is 304 g/mol. The van der Waals surface area contributed by atoms with Crippen LogP contribution in [0, 0.1) is 11.8 Å². The molecule has 3 heteroatoms. The van der Waals surface area contributed by atoms with Gasteiger partial charge in [0.1, 0.15) is 5.75 Å². The predicted octanol–water partition coefficient (Wildman–Crippen LogP) is 3.20. The Hall–Kier alpha value is -0.460. The molecule has 1 rings (SSSR count). The fourth-order valence-corrected chi connectivity index (χ4v) is 1.42. The van der Waals surface area contributed by atoms with E-state index < -0.39 is 0 Å². The summed E-state index contributed by atoms with van der Waals surface area (Å²) in [5.41, 5.74) is 0.958. The molecule has 1 aromatic rings. The van der Waals surface area contributed by atoms with Gasteiger partial charge in [-0.05, 0) is 34.1 Å². The lowest BCUT2D eigenvalue weighted by atomic mass is 10.2. The van der Waals surface area contributed by atoms with Crippen molar-refractivity contribution in [1.29, 1.82) is 0 Å². The molecule has 1 aromatic carbocycles. The van der Waals surface area contributed by atoms with Crippen LogP contribution in [-0.4, -0.2) is 12.4 Å². The second-order valence-corrected chi connectivity index (χ2v) is 3.70. The number of hydrogen-bond acceptors (Lipinski definition) is 1. The van der Waals surface area contributed by atoms with Crippen molar-refractivity contribution < 1.29 is 4.74 Å². The summed E-state index contributed by atoms with van der Waals surface area (Å²) in [6, 6.07) is 5.78. The van der Waals surface area contributed by atoms with Gasteiger partial charge in [-0.15, -0.1) is 0 Å². The lowest BCUT2D eigenvalue weighted by Gasteiger charge is -2.02. The maximum absolute atomic E-state index is 5.14. The van der Waals surface area contributed by atoms with Crippen molar-refractivity contribution >= 4 is 31.9 Å². The van der Waals surface area contributed by atoms with Crippen LogP contribution in [0.2, 0.25) is 0 Å². The van der Waals surface area contributed by atoms with Crippen LogP contribution < -0.4 is 4.74 Å². The molecule has 0 aliphatic heterocycles. The Morgan fingerprint density at radius 1 is 1.46 bits per heavy atom. The molecule has 0 N–H and O–H groups in total. The molecular weight excluding hydrogens is 296 g/mol. The van der Waals surface area contributed by atoms with Crippen LogP contribution in [0.4, 0.5) is 0 Å². The van der Waals surface area contributed by atoms with Gasteiger partial charge in [-0.3, -0.25) is 0 Å². The molecule has 0 radical (unpaired) electrons. The number of hydrogen-bond donors (Lipinski definition) is 0. The van der Waals surface area contributed by atoms with Crippen LogP contribution in [0.25, 0.3) is 0 Å². The summed E-state index contributed by atoms with van der Waals surface area (Å²) in [6.45, 7) is 0. The molecule has 13 heavy (non-hydrogen) atoms. The molecule has 0 heterocycles. The molecule has 68 valence electrons. The third-order valence-corrected chi connectivity index (χ3v) is 2.39. The van der Waals surface area contributed by atoms with E-state index in [4.69, 9.17) is 4.74 Å². The zero-order chi connectivity index (χ0) is 9.68. The van der Waals surface area contributed by atoms with E-state index in [1.165, 1.54) is 0 Å². The highest BCUT2D eigenvalue weighted by molar-refractivity contribution is 9.10. The smallest absolute Gasteiger partial charge is 0.134 e. The lowest BCUT2D eigenvalue weighted by Crippen LogP contribution is -1.85. The van der Waals surface area contributed by atoms with E-state index in [1.54, 1.807) is 7.11 Å². The van der Waals surface area contributed by atoms with Crippen molar-refractivity contribution in [2.24, 2.45) is 0 Å². The summed E-state index contributed by atoms with van der Waals surface area (Å²) in [7, 11) is 1.64. The second-order valence-electron chi connectivity index (χ2n) is 2.28. The topological polar surface area (TPSA) is 9.23 Å². The first-order chi connectivity index (χ1) is 6.27. The van der Waals surface area contributed by atoms with Crippen LogP contribution in [0.1, 0.15) is 5.56 Å². The Morgan fingerprint density at radius 2 is 2.23 bits per heavy atom. The van der Waals surface area contributed by atoms with Gasteiger partial charge in [-0.1, -0.05) is 27.8 Å². The molecule has 0 saturated carbocycles. The van der Waals surface area contributed by atoms with Gasteiger partial charge in [0.05, 0.1) is 16.9 Å². The molecule has 0 bridgehead atoms. The third-order valence-electron chi connectivity index (χ3n) is 1.45. The van der Waals surface area contributed by atoms with Crippen LogP contribution in [-0.2, 0) is 0 Å². The average Bonchev–Trinajstić information content (AvgIpc) is 2.16. The van der Waals surface area contributed by atoms with Crippen molar-refractivity contribution in [3.63, 3.8) is 0 Å². The van der Waals surface area contributed by atoms with Gasteiger partial charge >= 0.3 is 0 Å². The second kappa shape index (κ2) is 5.31. The summed E-state index contributed by atoms with van der Waals surface area (Å²) in [4.78, 5) is 0. The molecule has 0 aliphatic rings. The van der Waals surface area contributed by atoms with Gasteiger partial charge in [0, 0.05) is 5.56 Å². The van der Waals surface area contributed by atoms with Crippen molar-refractivity contribution in [2.45, 2.75) is 0 Å². The normalized spacial score (nSPS) is 8.85. The van der Waals surface area contributed by atoms with Crippen molar-refractivity contribution in [3.8, 4) is 17.6 Å². The minimum Gasteiger partial charge on any atom is -0.496 e. The zero-order valence-electron chi connectivity index (χ0n) is 7.10. The molecule has 0 unspecified atom stereocenters. The Bertz CT molecular complexity index is 350. The summed E-state index contributed by atoms with van der Waals surface area (Å²) < 4.78 is 6.08. The van der Waals surface area contributed by atoms with Gasteiger partial charge in [0.25, 0.3) is 0 Å². The SMILES string of the molecule is COc1cc(C#CCBr)ccc1Br. The van der Waals surface area contributed by atoms with E-state index in [0.717, 1.165) is 15.8 Å². The van der Waals surface area contributed by atoms with E-state index >= 15 is 0 Å². The fraction of sp³-hybridized carbons (Fsp3) is 0.200. The van der Waals surface area contributed by atoms with Crippen LogP contribution >= 0.6 is 31.9 Å². The number of benzene rings is 1. The summed E-state index contributed by atoms with van der Waals surface area (Å²) >= 11 is 6.62. The lowest BCUT2D eigenvalue weighted by molar-refractivity contribution is 0.412. The molecule has 0 atom stereocenters. The standard InChI is InChI=1S/C10H8Br2O/c1-13-10-7-8(3-2-6-11)4-5-9(10)12/h4-5,7H,6H2,1H3. The monoisotopic (exact) mass is 302 g/mol. The number of ether oxygens (including phenoxy) is 1. The third kappa shape index (κ3) is 3.06. The quantitative estimate of drug-likeness (QED) is 0.572. The Kier molecular flexibility index (Phi) is 4.34. The molecule has 1 nitrogen and oxygen atoms in total. The van der Waals surface area contributed by atoms with E-state index in [2.05, 4.69) is 43.7 Å². The predicted molar refractivity (Wildman–Crippen MR) is 61.4 cm³/mol. The van der Waals surface area contributed by atoms with Gasteiger partial charge in [-0.25, -0.2) is 0 Å². The summed E-state index contributed by atoms with van der Waals surface area (Å²) in [5, 5.41) is 0.686. The largest absolute Gasteiger partial charge is 0.496 e. The van der Waals surface area contributed by atoms with Crippen LogP contribution in [0.3, 0.4) is 0 Å². The Labute approximate surface area is 94.7 Å². The molecule has 0 fully saturated rings. The van der Waals surface area contributed by atoms with E-state index in [9.17, 15) is 0 Å². The minimum absolute atomic E-state index is 0.686. The van der Waals surface area contributed by atoms with Crippen LogP contribution in [0.5, 0.6) is 5.75 Å². The molecule has 0 spiro atoms. The maximum atomic E-state index is 5.14. The van der Waals surface area contributed by atoms with Gasteiger partial charge in [-0.2, -0.15) is 0 Å². The number of methoxy groups -OCH3 is 1. The first kappa shape index (κ1) is 10.6. The first-order valence-electron chi connectivity index (χ1n) is 3.66. The molecule has 0 amide bonds. The van der Waals surface area contributed by atoms with Gasteiger partial charge in [0.15, 0.2) is 0 Å². The fourth-order valence-electron chi connectivity index (χ4n) is 0.873. The highest BCUT2D eigenvalue weighted by Crippen LogP contribution is 2.25. The minimum atomic E-state index is 0.686. The zero-order valence-corrected chi connectivity index (χ0v) is 10.3. The van der Waals surface area contributed by atoms with Crippen LogP contribution in [0.15, 0.2) is 22.7 Å². The maximum Gasteiger partial charge on any atom is 0.134 e. The van der Waals surface area contributed by atoms with E-state index in [1.807, 2.05) is 18.2 Å². The highest BCUT2D eigenvalue weighted by Gasteiger charge is 1.98. The first-order valence-corrected chi connectivity index (χ1v) is 5.57. The van der Waals surface area contributed by atoms with E-state index in [-0.39, 0.29) is 0 Å². The van der Waals surface area contributed by atoms with Crippen molar-refractivity contribution in [3.05, 3.63) is 28.2 Å². The highest BCUT2D eigenvalue weighted by atomic mass is 79.9. The summed E-state index contributed by atoms with van der Waals surface area (Å²) in [6.07, 6.45) is 0. The Balaban J connectivity index is 2.99. The number of rotatable bonds is 1. The van der Waals surface area contributed by atoms with Gasteiger partial charge < -0.3 is 4.74 Å².